The summed E-state index contributed by atoms with van der Waals surface area (Å²) in [6, 6.07) is 5.54. The summed E-state index contributed by atoms with van der Waals surface area (Å²) in [5.41, 5.74) is 1.54. The molecule has 0 aliphatic heterocycles. The van der Waals surface area contributed by atoms with Gasteiger partial charge < -0.3 is 5.32 Å². The molecule has 0 aliphatic carbocycles. The first-order valence-corrected chi connectivity index (χ1v) is 4.20. The molecule has 1 rings (SSSR count). The molecule has 1 N–H and O–H groups in total. The first-order chi connectivity index (χ1) is 5.79. The van der Waals surface area contributed by atoms with Crippen molar-refractivity contribution >= 4 is 0 Å². The molecule has 0 bridgehead atoms. The van der Waals surface area contributed by atoms with Gasteiger partial charge in [-0.05, 0) is 19.0 Å². The minimum atomic E-state index is -0.0608. The van der Waals surface area contributed by atoms with Gasteiger partial charge in [0.05, 0.1) is 0 Å². The summed E-state index contributed by atoms with van der Waals surface area (Å²) in [5.74, 6) is -0.0608. The summed E-state index contributed by atoms with van der Waals surface area (Å²) >= 11 is 0. The van der Waals surface area contributed by atoms with E-state index in [1.807, 2.05) is 32.2 Å². The lowest BCUT2D eigenvalue weighted by Crippen LogP contribution is -2.08. The fraction of sp³-hybridized carbons (Fsp3) is 0.400. The van der Waals surface area contributed by atoms with Crippen LogP contribution in [0.3, 0.4) is 0 Å². The van der Waals surface area contributed by atoms with Gasteiger partial charge in [-0.2, -0.15) is 0 Å². The fourth-order valence-electron chi connectivity index (χ4n) is 1.23. The molecule has 12 heavy (non-hydrogen) atoms. The maximum Gasteiger partial charge on any atom is 0.130 e. The van der Waals surface area contributed by atoms with Crippen LogP contribution in [0.4, 0.5) is 4.39 Å². The summed E-state index contributed by atoms with van der Waals surface area (Å²) in [4.78, 5) is 0. The van der Waals surface area contributed by atoms with Gasteiger partial charge in [0.2, 0.25) is 0 Å². The fourth-order valence-corrected chi connectivity index (χ4v) is 1.23. The van der Waals surface area contributed by atoms with Crippen LogP contribution in [0.1, 0.15) is 18.1 Å². The van der Waals surface area contributed by atoms with Gasteiger partial charge in [0.1, 0.15) is 5.82 Å². The summed E-state index contributed by atoms with van der Waals surface area (Å²) in [7, 11) is 1.82. The van der Waals surface area contributed by atoms with E-state index < -0.39 is 0 Å². The lowest BCUT2D eigenvalue weighted by Gasteiger charge is -2.05. The van der Waals surface area contributed by atoms with Gasteiger partial charge in [-0.1, -0.05) is 25.1 Å². The van der Waals surface area contributed by atoms with E-state index in [1.54, 1.807) is 0 Å². The lowest BCUT2D eigenvalue weighted by atomic mass is 10.1. The highest BCUT2D eigenvalue weighted by atomic mass is 19.1. The van der Waals surface area contributed by atoms with Crippen molar-refractivity contribution in [1.29, 1.82) is 0 Å². The van der Waals surface area contributed by atoms with Crippen LogP contribution in [-0.2, 0) is 13.0 Å². The van der Waals surface area contributed by atoms with Gasteiger partial charge in [0.25, 0.3) is 0 Å². The van der Waals surface area contributed by atoms with Gasteiger partial charge in [-0.3, -0.25) is 0 Å². The zero-order valence-electron chi connectivity index (χ0n) is 7.52. The van der Waals surface area contributed by atoms with E-state index in [4.69, 9.17) is 0 Å². The third-order valence-electron chi connectivity index (χ3n) is 1.91. The molecule has 0 amide bonds. The first-order valence-electron chi connectivity index (χ1n) is 4.20. The Bertz CT molecular complexity index is 258. The summed E-state index contributed by atoms with van der Waals surface area (Å²) < 4.78 is 13.4. The van der Waals surface area contributed by atoms with Crippen molar-refractivity contribution in [2.24, 2.45) is 0 Å². The number of aryl methyl sites for hydroxylation is 1. The van der Waals surface area contributed by atoms with E-state index in [0.717, 1.165) is 17.5 Å². The van der Waals surface area contributed by atoms with Crippen LogP contribution in [0.5, 0.6) is 0 Å². The molecule has 0 atom stereocenters. The molecule has 0 aliphatic rings. The SMILES string of the molecule is CCc1cccc(CNC)c1F. The Morgan fingerprint density at radius 1 is 1.33 bits per heavy atom. The lowest BCUT2D eigenvalue weighted by molar-refractivity contribution is 0.587. The van der Waals surface area contributed by atoms with Crippen molar-refractivity contribution in [3.8, 4) is 0 Å². The largest absolute Gasteiger partial charge is 0.316 e. The molecular weight excluding hydrogens is 153 g/mol. The van der Waals surface area contributed by atoms with E-state index in [1.165, 1.54) is 0 Å². The monoisotopic (exact) mass is 167 g/mol. The maximum absolute atomic E-state index is 13.4. The number of hydrogen-bond donors (Lipinski definition) is 1. The normalized spacial score (nSPS) is 10.2. The molecule has 1 aromatic rings. The number of nitrogens with one attached hydrogen (secondary N) is 1. The van der Waals surface area contributed by atoms with Crippen LogP contribution < -0.4 is 5.32 Å². The highest BCUT2D eigenvalue weighted by Crippen LogP contribution is 2.12. The predicted octanol–water partition coefficient (Wildman–Crippen LogP) is 2.11. The van der Waals surface area contributed by atoms with Crippen molar-refractivity contribution in [2.45, 2.75) is 19.9 Å². The van der Waals surface area contributed by atoms with Crippen LogP contribution in [0.15, 0.2) is 18.2 Å². The number of halogens is 1. The van der Waals surface area contributed by atoms with Gasteiger partial charge >= 0.3 is 0 Å². The van der Waals surface area contributed by atoms with Crippen LogP contribution >= 0.6 is 0 Å². The van der Waals surface area contributed by atoms with E-state index in [9.17, 15) is 4.39 Å². The van der Waals surface area contributed by atoms with Crippen molar-refractivity contribution < 1.29 is 4.39 Å². The topological polar surface area (TPSA) is 12.0 Å². The Kier molecular flexibility index (Phi) is 3.23. The Morgan fingerprint density at radius 3 is 2.58 bits per heavy atom. The van der Waals surface area contributed by atoms with Crippen LogP contribution in [0, 0.1) is 5.82 Å². The average molecular weight is 167 g/mol. The van der Waals surface area contributed by atoms with E-state index in [2.05, 4.69) is 5.32 Å². The molecular formula is C10H14FN. The molecule has 0 fully saturated rings. The maximum atomic E-state index is 13.4. The highest BCUT2D eigenvalue weighted by Gasteiger charge is 2.04. The number of rotatable bonds is 3. The average Bonchev–Trinajstić information content (AvgIpc) is 2.09. The Balaban J connectivity index is 2.97. The van der Waals surface area contributed by atoms with Crippen LogP contribution in [0.25, 0.3) is 0 Å². The van der Waals surface area contributed by atoms with Gasteiger partial charge in [0, 0.05) is 12.1 Å². The molecule has 1 aromatic carbocycles. The van der Waals surface area contributed by atoms with E-state index in [0.29, 0.717) is 6.54 Å². The molecule has 0 saturated carbocycles. The minimum absolute atomic E-state index is 0.0608. The molecule has 0 unspecified atom stereocenters. The molecule has 0 heterocycles. The molecule has 66 valence electrons. The Morgan fingerprint density at radius 2 is 2.00 bits per heavy atom. The third-order valence-corrected chi connectivity index (χ3v) is 1.91. The summed E-state index contributed by atoms with van der Waals surface area (Å²) in [6.45, 7) is 2.56. The van der Waals surface area contributed by atoms with Crippen molar-refractivity contribution in [1.82, 2.24) is 5.32 Å². The van der Waals surface area contributed by atoms with Crippen LogP contribution in [-0.4, -0.2) is 7.05 Å². The Labute approximate surface area is 72.6 Å². The van der Waals surface area contributed by atoms with Gasteiger partial charge in [-0.15, -0.1) is 0 Å². The minimum Gasteiger partial charge on any atom is -0.316 e. The van der Waals surface area contributed by atoms with Crippen molar-refractivity contribution in [2.75, 3.05) is 7.05 Å². The second-order valence-electron chi connectivity index (χ2n) is 2.77. The third kappa shape index (κ3) is 1.83. The molecule has 0 saturated heterocycles. The van der Waals surface area contributed by atoms with Crippen LogP contribution in [0.2, 0.25) is 0 Å². The van der Waals surface area contributed by atoms with Crippen molar-refractivity contribution in [3.05, 3.63) is 35.1 Å². The first kappa shape index (κ1) is 9.20. The quantitative estimate of drug-likeness (QED) is 0.727. The molecule has 1 nitrogen and oxygen atoms in total. The molecule has 0 radical (unpaired) electrons. The highest BCUT2D eigenvalue weighted by molar-refractivity contribution is 5.25. The van der Waals surface area contributed by atoms with E-state index in [-0.39, 0.29) is 5.82 Å². The second-order valence-corrected chi connectivity index (χ2v) is 2.77. The Hall–Kier alpha value is -0.890. The molecule has 0 spiro atoms. The predicted molar refractivity (Wildman–Crippen MR) is 48.5 cm³/mol. The van der Waals surface area contributed by atoms with E-state index >= 15 is 0 Å². The second kappa shape index (κ2) is 4.21. The summed E-state index contributed by atoms with van der Waals surface area (Å²) in [5, 5.41) is 2.94. The molecule has 0 aromatic heterocycles. The van der Waals surface area contributed by atoms with Crippen molar-refractivity contribution in [3.63, 3.8) is 0 Å². The standard InChI is InChI=1S/C10H14FN/c1-3-8-5-4-6-9(7-12-2)10(8)11/h4-6,12H,3,7H2,1-2H3. The molecule has 2 heteroatoms. The van der Waals surface area contributed by atoms with Gasteiger partial charge in [0.15, 0.2) is 0 Å². The zero-order chi connectivity index (χ0) is 8.97. The number of hydrogen-bond acceptors (Lipinski definition) is 1. The number of benzene rings is 1. The van der Waals surface area contributed by atoms with Gasteiger partial charge in [-0.25, -0.2) is 4.39 Å². The smallest absolute Gasteiger partial charge is 0.130 e. The zero-order valence-corrected chi connectivity index (χ0v) is 7.52. The summed E-state index contributed by atoms with van der Waals surface area (Å²) in [6.07, 6.45) is 0.753.